The van der Waals surface area contributed by atoms with E-state index in [0.29, 0.717) is 12.4 Å². The Labute approximate surface area is 133 Å². The molecule has 2 heterocycles. The van der Waals surface area contributed by atoms with Crippen molar-refractivity contribution in [3.63, 3.8) is 0 Å². The van der Waals surface area contributed by atoms with Crippen molar-refractivity contribution < 1.29 is 13.5 Å². The zero-order valence-electron chi connectivity index (χ0n) is 12.8. The number of ether oxygens (including phenoxy) is 1. The lowest BCUT2D eigenvalue weighted by Crippen LogP contribution is -2.26. The number of anilines is 1. The predicted molar refractivity (Wildman–Crippen MR) is 82.2 cm³/mol. The van der Waals surface area contributed by atoms with Gasteiger partial charge in [0.15, 0.2) is 11.6 Å². The van der Waals surface area contributed by atoms with Crippen LogP contribution in [0.15, 0.2) is 30.6 Å². The van der Waals surface area contributed by atoms with Gasteiger partial charge in [0.25, 0.3) is 0 Å². The molecule has 1 saturated heterocycles. The first-order valence-corrected chi connectivity index (χ1v) is 7.43. The summed E-state index contributed by atoms with van der Waals surface area (Å²) >= 11 is 0. The van der Waals surface area contributed by atoms with Gasteiger partial charge in [0.2, 0.25) is 5.88 Å². The maximum atomic E-state index is 13.3. The number of halogens is 2. The van der Waals surface area contributed by atoms with Gasteiger partial charge < -0.3 is 10.1 Å². The number of hydrogen-bond donors (Lipinski definition) is 1. The fourth-order valence-corrected chi connectivity index (χ4v) is 2.73. The molecule has 1 atom stereocenters. The van der Waals surface area contributed by atoms with Crippen LogP contribution >= 0.6 is 0 Å². The Hall–Kier alpha value is -2.28. The number of rotatable bonds is 5. The third-order valence-corrected chi connectivity index (χ3v) is 3.87. The van der Waals surface area contributed by atoms with Crippen LogP contribution in [0.4, 0.5) is 14.6 Å². The average molecular weight is 320 g/mol. The number of nitrogens with one attached hydrogen (secondary N) is 1. The van der Waals surface area contributed by atoms with Gasteiger partial charge in [-0.15, -0.1) is 0 Å². The van der Waals surface area contributed by atoms with Crippen molar-refractivity contribution in [3.05, 3.63) is 47.8 Å². The smallest absolute Gasteiger partial charge is 0.218 e. The van der Waals surface area contributed by atoms with E-state index in [-0.39, 0.29) is 6.04 Å². The van der Waals surface area contributed by atoms with Crippen molar-refractivity contribution in [1.82, 2.24) is 14.9 Å². The topological polar surface area (TPSA) is 50.3 Å². The maximum absolute atomic E-state index is 13.3. The van der Waals surface area contributed by atoms with E-state index in [1.165, 1.54) is 18.5 Å². The molecular weight excluding hydrogens is 302 g/mol. The Morgan fingerprint density at radius 2 is 2.13 bits per heavy atom. The molecule has 1 aliphatic heterocycles. The minimum absolute atomic E-state index is 0.250. The van der Waals surface area contributed by atoms with Crippen LogP contribution in [0.25, 0.3) is 0 Å². The molecule has 5 nitrogen and oxygen atoms in total. The number of hydrogen-bond acceptors (Lipinski definition) is 5. The lowest BCUT2D eigenvalue weighted by atomic mass is 10.2. The van der Waals surface area contributed by atoms with E-state index in [9.17, 15) is 8.78 Å². The fourth-order valence-electron chi connectivity index (χ4n) is 2.73. The van der Waals surface area contributed by atoms with Crippen LogP contribution in [0.1, 0.15) is 12.0 Å². The molecular formula is C16H18F2N4O. The molecule has 0 spiro atoms. The van der Waals surface area contributed by atoms with Gasteiger partial charge >= 0.3 is 0 Å². The second-order valence-corrected chi connectivity index (χ2v) is 5.56. The van der Waals surface area contributed by atoms with Crippen molar-refractivity contribution in [1.29, 1.82) is 0 Å². The summed E-state index contributed by atoms with van der Waals surface area (Å²) in [6.45, 7) is 2.30. The SMILES string of the molecule is COc1cc(NC2CCN(Cc3ccc(F)c(F)c3)C2)ncn1. The van der Waals surface area contributed by atoms with Crippen molar-refractivity contribution in [2.24, 2.45) is 0 Å². The van der Waals surface area contributed by atoms with Gasteiger partial charge in [-0.25, -0.2) is 18.7 Å². The van der Waals surface area contributed by atoms with Crippen LogP contribution < -0.4 is 10.1 Å². The van der Waals surface area contributed by atoms with E-state index in [2.05, 4.69) is 20.2 Å². The average Bonchev–Trinajstić information content (AvgIpc) is 2.98. The molecule has 1 aliphatic rings. The van der Waals surface area contributed by atoms with E-state index < -0.39 is 11.6 Å². The molecule has 7 heteroatoms. The van der Waals surface area contributed by atoms with Crippen molar-refractivity contribution in [3.8, 4) is 5.88 Å². The molecule has 0 radical (unpaired) electrons. The Bertz CT molecular complexity index is 683. The minimum Gasteiger partial charge on any atom is -0.481 e. The van der Waals surface area contributed by atoms with Crippen LogP contribution in [0.5, 0.6) is 5.88 Å². The zero-order valence-corrected chi connectivity index (χ0v) is 12.8. The second kappa shape index (κ2) is 6.87. The van der Waals surface area contributed by atoms with Gasteiger partial charge in [-0.1, -0.05) is 6.07 Å². The highest BCUT2D eigenvalue weighted by molar-refractivity contribution is 5.38. The summed E-state index contributed by atoms with van der Waals surface area (Å²) in [7, 11) is 1.56. The first kappa shape index (κ1) is 15.6. The van der Waals surface area contributed by atoms with Crippen LogP contribution in [0.3, 0.4) is 0 Å². The Balaban J connectivity index is 1.56. The predicted octanol–water partition coefficient (Wildman–Crippen LogP) is 2.45. The molecule has 0 amide bonds. The van der Waals surface area contributed by atoms with Gasteiger partial charge in [-0.2, -0.15) is 0 Å². The van der Waals surface area contributed by atoms with Gasteiger partial charge in [-0.05, 0) is 24.1 Å². The first-order valence-electron chi connectivity index (χ1n) is 7.43. The molecule has 122 valence electrons. The standard InChI is InChI=1S/C16H18F2N4O/c1-23-16-7-15(19-10-20-16)21-12-4-5-22(9-12)8-11-2-3-13(17)14(18)6-11/h2-3,6-7,10,12H,4-5,8-9H2,1H3,(H,19,20,21). The molecule has 0 bridgehead atoms. The summed E-state index contributed by atoms with van der Waals surface area (Å²) in [6, 6.07) is 6.04. The molecule has 1 fully saturated rings. The number of benzene rings is 1. The minimum atomic E-state index is -0.813. The quantitative estimate of drug-likeness (QED) is 0.917. The van der Waals surface area contributed by atoms with E-state index in [0.717, 1.165) is 30.9 Å². The third-order valence-electron chi connectivity index (χ3n) is 3.87. The lowest BCUT2D eigenvalue weighted by molar-refractivity contribution is 0.327. The van der Waals surface area contributed by atoms with Crippen molar-refractivity contribution in [2.75, 3.05) is 25.5 Å². The zero-order chi connectivity index (χ0) is 16.2. The number of likely N-dealkylation sites (tertiary alicyclic amines) is 1. The van der Waals surface area contributed by atoms with E-state index in [1.807, 2.05) is 0 Å². The summed E-state index contributed by atoms with van der Waals surface area (Å²) in [4.78, 5) is 10.3. The Morgan fingerprint density at radius 1 is 1.26 bits per heavy atom. The Kier molecular flexibility index (Phi) is 4.66. The van der Waals surface area contributed by atoms with Crippen LogP contribution in [-0.2, 0) is 6.54 Å². The maximum Gasteiger partial charge on any atom is 0.218 e. The van der Waals surface area contributed by atoms with Gasteiger partial charge in [0.1, 0.15) is 12.1 Å². The fraction of sp³-hybridized carbons (Fsp3) is 0.375. The van der Waals surface area contributed by atoms with Gasteiger partial charge in [-0.3, -0.25) is 4.90 Å². The van der Waals surface area contributed by atoms with Crippen molar-refractivity contribution in [2.45, 2.75) is 19.0 Å². The molecule has 1 N–H and O–H groups in total. The molecule has 0 aliphatic carbocycles. The molecule has 1 unspecified atom stereocenters. The second-order valence-electron chi connectivity index (χ2n) is 5.56. The summed E-state index contributed by atoms with van der Waals surface area (Å²) in [5, 5.41) is 3.34. The highest BCUT2D eigenvalue weighted by atomic mass is 19.2. The van der Waals surface area contributed by atoms with Crippen LogP contribution in [0, 0.1) is 11.6 Å². The number of nitrogens with zero attached hydrogens (tertiary/aromatic N) is 3. The largest absolute Gasteiger partial charge is 0.481 e. The number of methoxy groups -OCH3 is 1. The molecule has 2 aromatic rings. The van der Waals surface area contributed by atoms with Crippen LogP contribution in [0.2, 0.25) is 0 Å². The van der Waals surface area contributed by atoms with E-state index in [1.54, 1.807) is 19.2 Å². The summed E-state index contributed by atoms with van der Waals surface area (Å²) < 4.78 is 31.3. The Morgan fingerprint density at radius 3 is 2.91 bits per heavy atom. The first-order chi connectivity index (χ1) is 11.1. The molecule has 3 rings (SSSR count). The lowest BCUT2D eigenvalue weighted by Gasteiger charge is -2.17. The highest BCUT2D eigenvalue weighted by Crippen LogP contribution is 2.19. The summed E-state index contributed by atoms with van der Waals surface area (Å²) in [5.74, 6) is -0.382. The molecule has 1 aromatic heterocycles. The molecule has 1 aromatic carbocycles. The van der Waals surface area contributed by atoms with Crippen LogP contribution in [-0.4, -0.2) is 41.1 Å². The van der Waals surface area contributed by atoms with Crippen molar-refractivity contribution >= 4 is 5.82 Å². The van der Waals surface area contributed by atoms with E-state index >= 15 is 0 Å². The molecule has 23 heavy (non-hydrogen) atoms. The monoisotopic (exact) mass is 320 g/mol. The normalized spacial score (nSPS) is 18.1. The molecule has 0 saturated carbocycles. The van der Waals surface area contributed by atoms with Gasteiger partial charge in [0, 0.05) is 31.7 Å². The third kappa shape index (κ3) is 3.92. The number of aromatic nitrogens is 2. The highest BCUT2D eigenvalue weighted by Gasteiger charge is 2.23. The summed E-state index contributed by atoms with van der Waals surface area (Å²) in [6.07, 6.45) is 2.41. The van der Waals surface area contributed by atoms with E-state index in [4.69, 9.17) is 4.74 Å². The summed E-state index contributed by atoms with van der Waals surface area (Å²) in [5.41, 5.74) is 0.772. The van der Waals surface area contributed by atoms with Gasteiger partial charge in [0.05, 0.1) is 7.11 Å².